The van der Waals surface area contributed by atoms with E-state index in [2.05, 4.69) is 18.9 Å². The first-order chi connectivity index (χ1) is 6.13. The van der Waals surface area contributed by atoms with Crippen LogP contribution in [0.5, 0.6) is 0 Å². The van der Waals surface area contributed by atoms with E-state index < -0.39 is 5.97 Å². The minimum Gasteiger partial charge on any atom is -0.481 e. The van der Waals surface area contributed by atoms with Gasteiger partial charge in [0.2, 0.25) is 0 Å². The zero-order valence-corrected chi connectivity index (χ0v) is 8.49. The van der Waals surface area contributed by atoms with Gasteiger partial charge in [-0.3, -0.25) is 4.79 Å². The molecule has 13 heavy (non-hydrogen) atoms. The zero-order chi connectivity index (χ0) is 9.84. The Hall–Kier alpha value is -0.570. The second-order valence-corrected chi connectivity index (χ2v) is 4.08. The summed E-state index contributed by atoms with van der Waals surface area (Å²) in [5, 5.41) is 8.73. The first kappa shape index (κ1) is 10.5. The van der Waals surface area contributed by atoms with Crippen LogP contribution in [0.25, 0.3) is 0 Å². The highest BCUT2D eigenvalue weighted by atomic mass is 16.4. The van der Waals surface area contributed by atoms with Gasteiger partial charge in [-0.15, -0.1) is 0 Å². The van der Waals surface area contributed by atoms with Crippen LogP contribution >= 0.6 is 0 Å². The van der Waals surface area contributed by atoms with E-state index in [0.29, 0.717) is 18.3 Å². The van der Waals surface area contributed by atoms with Crippen molar-refractivity contribution in [2.75, 3.05) is 20.1 Å². The molecule has 0 aromatic heterocycles. The second-order valence-electron chi connectivity index (χ2n) is 4.08. The summed E-state index contributed by atoms with van der Waals surface area (Å²) in [4.78, 5) is 12.9. The normalized spacial score (nSPS) is 30.3. The number of rotatable bonds is 3. The summed E-state index contributed by atoms with van der Waals surface area (Å²) in [5.74, 6) is 0.335. The summed E-state index contributed by atoms with van der Waals surface area (Å²) >= 11 is 0. The molecule has 3 heteroatoms. The number of carboxylic acid groups (broad SMARTS) is 1. The zero-order valence-electron chi connectivity index (χ0n) is 8.49. The minimum atomic E-state index is -0.645. The maximum absolute atomic E-state index is 10.6. The smallest absolute Gasteiger partial charge is 0.303 e. The SMILES string of the molecule is CCC1CN(C)CCC1CC(=O)O. The molecule has 1 aliphatic heterocycles. The Balaban J connectivity index is 2.47. The van der Waals surface area contributed by atoms with Crippen LogP contribution in [0.15, 0.2) is 0 Å². The molecular formula is C10H19NO2. The summed E-state index contributed by atoms with van der Waals surface area (Å²) in [6.07, 6.45) is 2.50. The highest BCUT2D eigenvalue weighted by Gasteiger charge is 2.27. The van der Waals surface area contributed by atoms with Crippen molar-refractivity contribution in [1.29, 1.82) is 0 Å². The molecular weight excluding hydrogens is 166 g/mol. The lowest BCUT2D eigenvalue weighted by atomic mass is 9.82. The second kappa shape index (κ2) is 4.61. The van der Waals surface area contributed by atoms with Gasteiger partial charge in [0.15, 0.2) is 0 Å². The van der Waals surface area contributed by atoms with Gasteiger partial charge in [0.1, 0.15) is 0 Å². The molecule has 3 nitrogen and oxygen atoms in total. The molecule has 0 spiro atoms. The maximum atomic E-state index is 10.6. The summed E-state index contributed by atoms with van der Waals surface area (Å²) in [5.41, 5.74) is 0. The first-order valence-corrected chi connectivity index (χ1v) is 5.03. The van der Waals surface area contributed by atoms with Gasteiger partial charge >= 0.3 is 5.97 Å². The molecule has 0 bridgehead atoms. The number of likely N-dealkylation sites (tertiary alicyclic amines) is 1. The average Bonchev–Trinajstić information content (AvgIpc) is 2.07. The van der Waals surface area contributed by atoms with Crippen molar-refractivity contribution < 1.29 is 9.90 Å². The summed E-state index contributed by atoms with van der Waals surface area (Å²) in [6.45, 7) is 4.27. The summed E-state index contributed by atoms with van der Waals surface area (Å²) < 4.78 is 0. The van der Waals surface area contributed by atoms with E-state index >= 15 is 0 Å². The van der Waals surface area contributed by atoms with E-state index in [4.69, 9.17) is 5.11 Å². The number of piperidine rings is 1. The van der Waals surface area contributed by atoms with Crippen molar-refractivity contribution in [3.8, 4) is 0 Å². The average molecular weight is 185 g/mol. The van der Waals surface area contributed by atoms with E-state index in [1.165, 1.54) is 0 Å². The van der Waals surface area contributed by atoms with Gasteiger partial charge in [-0.05, 0) is 31.8 Å². The van der Waals surface area contributed by atoms with Gasteiger partial charge in [0, 0.05) is 13.0 Å². The standard InChI is InChI=1S/C10H19NO2/c1-3-8-7-11(2)5-4-9(8)6-10(12)13/h8-9H,3-7H2,1-2H3,(H,12,13). The molecule has 0 aliphatic carbocycles. The Kier molecular flexibility index (Phi) is 3.72. The Morgan fingerprint density at radius 3 is 2.77 bits per heavy atom. The first-order valence-electron chi connectivity index (χ1n) is 5.03. The molecule has 0 aromatic rings. The summed E-state index contributed by atoms with van der Waals surface area (Å²) in [6, 6.07) is 0. The van der Waals surface area contributed by atoms with Crippen molar-refractivity contribution in [2.45, 2.75) is 26.2 Å². The van der Waals surface area contributed by atoms with E-state index in [1.807, 2.05) is 0 Å². The molecule has 1 aliphatic rings. The molecule has 0 amide bonds. The van der Waals surface area contributed by atoms with Crippen LogP contribution < -0.4 is 0 Å². The number of aliphatic carboxylic acids is 1. The quantitative estimate of drug-likeness (QED) is 0.723. The molecule has 1 N–H and O–H groups in total. The van der Waals surface area contributed by atoms with Crippen molar-refractivity contribution in [3.63, 3.8) is 0 Å². The Morgan fingerprint density at radius 1 is 1.54 bits per heavy atom. The lowest BCUT2D eigenvalue weighted by Crippen LogP contribution is -2.38. The molecule has 2 unspecified atom stereocenters. The van der Waals surface area contributed by atoms with Crippen molar-refractivity contribution in [2.24, 2.45) is 11.8 Å². The van der Waals surface area contributed by atoms with E-state index in [-0.39, 0.29) is 0 Å². The van der Waals surface area contributed by atoms with Gasteiger partial charge in [-0.1, -0.05) is 13.3 Å². The fourth-order valence-corrected chi connectivity index (χ4v) is 2.22. The molecule has 1 rings (SSSR count). The number of hydrogen-bond donors (Lipinski definition) is 1. The van der Waals surface area contributed by atoms with Crippen LogP contribution in [-0.4, -0.2) is 36.1 Å². The van der Waals surface area contributed by atoms with Crippen LogP contribution in [0.4, 0.5) is 0 Å². The van der Waals surface area contributed by atoms with Gasteiger partial charge < -0.3 is 10.0 Å². The van der Waals surface area contributed by atoms with Gasteiger partial charge in [0.05, 0.1) is 0 Å². The van der Waals surface area contributed by atoms with Crippen LogP contribution in [0.3, 0.4) is 0 Å². The Morgan fingerprint density at radius 2 is 2.23 bits per heavy atom. The summed E-state index contributed by atoms with van der Waals surface area (Å²) in [7, 11) is 2.11. The molecule has 0 saturated carbocycles. The number of hydrogen-bond acceptors (Lipinski definition) is 2. The fraction of sp³-hybridized carbons (Fsp3) is 0.900. The molecule has 2 atom stereocenters. The van der Waals surface area contributed by atoms with E-state index in [0.717, 1.165) is 25.9 Å². The molecule has 1 heterocycles. The third-order valence-corrected chi connectivity index (χ3v) is 3.06. The minimum absolute atomic E-state index is 0.354. The van der Waals surface area contributed by atoms with Crippen LogP contribution in [-0.2, 0) is 4.79 Å². The number of carboxylic acids is 1. The number of nitrogens with zero attached hydrogens (tertiary/aromatic N) is 1. The lowest BCUT2D eigenvalue weighted by Gasteiger charge is -2.35. The predicted octanol–water partition coefficient (Wildman–Crippen LogP) is 1.44. The monoisotopic (exact) mass is 185 g/mol. The predicted molar refractivity (Wildman–Crippen MR) is 51.6 cm³/mol. The van der Waals surface area contributed by atoms with Gasteiger partial charge in [0.25, 0.3) is 0 Å². The van der Waals surface area contributed by atoms with E-state index in [9.17, 15) is 4.79 Å². The lowest BCUT2D eigenvalue weighted by molar-refractivity contribution is -0.139. The highest BCUT2D eigenvalue weighted by Crippen LogP contribution is 2.27. The van der Waals surface area contributed by atoms with Crippen molar-refractivity contribution >= 4 is 5.97 Å². The highest BCUT2D eigenvalue weighted by molar-refractivity contribution is 5.67. The molecule has 0 aromatic carbocycles. The Bertz CT molecular complexity index is 182. The molecule has 76 valence electrons. The fourth-order valence-electron chi connectivity index (χ4n) is 2.22. The third-order valence-electron chi connectivity index (χ3n) is 3.06. The Labute approximate surface area is 79.7 Å². The van der Waals surface area contributed by atoms with Gasteiger partial charge in [-0.25, -0.2) is 0 Å². The van der Waals surface area contributed by atoms with Crippen molar-refractivity contribution in [1.82, 2.24) is 4.90 Å². The maximum Gasteiger partial charge on any atom is 0.303 e. The van der Waals surface area contributed by atoms with Crippen LogP contribution in [0.2, 0.25) is 0 Å². The van der Waals surface area contributed by atoms with E-state index in [1.54, 1.807) is 0 Å². The molecule has 0 radical (unpaired) electrons. The van der Waals surface area contributed by atoms with Crippen molar-refractivity contribution in [3.05, 3.63) is 0 Å². The van der Waals surface area contributed by atoms with Crippen LogP contribution in [0.1, 0.15) is 26.2 Å². The molecule has 1 fully saturated rings. The molecule has 1 saturated heterocycles. The number of carbonyl (C=O) groups is 1. The van der Waals surface area contributed by atoms with Gasteiger partial charge in [-0.2, -0.15) is 0 Å². The third kappa shape index (κ3) is 2.99. The van der Waals surface area contributed by atoms with Crippen LogP contribution in [0, 0.1) is 11.8 Å². The topological polar surface area (TPSA) is 40.5 Å². The largest absolute Gasteiger partial charge is 0.481 e.